The summed E-state index contributed by atoms with van der Waals surface area (Å²) in [7, 11) is 0. The van der Waals surface area contributed by atoms with Crippen LogP contribution in [-0.2, 0) is 5.75 Å². The van der Waals surface area contributed by atoms with Crippen LogP contribution in [0.5, 0.6) is 0 Å². The van der Waals surface area contributed by atoms with E-state index in [1.807, 2.05) is 19.1 Å². The molecule has 2 rings (SSSR count). The number of hydrazine groups is 1. The van der Waals surface area contributed by atoms with Gasteiger partial charge in [-0.25, -0.2) is 4.98 Å². The largest absolute Gasteiger partial charge is 0.324 e. The van der Waals surface area contributed by atoms with Crippen LogP contribution in [0.4, 0.5) is 5.69 Å². The molecule has 4 nitrogen and oxygen atoms in total. The Hall–Kier alpha value is -1.59. The zero-order valence-electron chi connectivity index (χ0n) is 10.5. The maximum Gasteiger partial charge on any atom is 0.0969 e. The monoisotopic (exact) mass is 260 g/mol. The molecular weight excluding hydrogens is 244 g/mol. The second kappa shape index (κ2) is 5.84. The number of pyridine rings is 2. The second-order valence-corrected chi connectivity index (χ2v) is 5.09. The molecular formula is C13H16N4S. The van der Waals surface area contributed by atoms with Gasteiger partial charge in [0.15, 0.2) is 0 Å². The smallest absolute Gasteiger partial charge is 0.0969 e. The number of rotatable bonds is 4. The molecule has 2 heterocycles. The minimum atomic E-state index is 0.783. The zero-order chi connectivity index (χ0) is 13.0. The summed E-state index contributed by atoms with van der Waals surface area (Å²) < 4.78 is 0. The van der Waals surface area contributed by atoms with Gasteiger partial charge in [-0.05, 0) is 43.7 Å². The molecule has 3 N–H and O–H groups in total. The average molecular weight is 260 g/mol. The number of anilines is 1. The summed E-state index contributed by atoms with van der Waals surface area (Å²) in [4.78, 5) is 8.79. The highest BCUT2D eigenvalue weighted by Gasteiger charge is 2.01. The maximum absolute atomic E-state index is 5.37. The normalized spacial score (nSPS) is 10.4. The molecule has 0 spiro atoms. The van der Waals surface area contributed by atoms with Gasteiger partial charge < -0.3 is 5.43 Å². The van der Waals surface area contributed by atoms with Crippen molar-refractivity contribution < 1.29 is 0 Å². The predicted octanol–water partition coefficient (Wildman–Crippen LogP) is 2.67. The van der Waals surface area contributed by atoms with E-state index in [0.717, 1.165) is 27.9 Å². The zero-order valence-corrected chi connectivity index (χ0v) is 11.3. The number of aromatic nitrogens is 2. The van der Waals surface area contributed by atoms with Crippen LogP contribution in [0.3, 0.4) is 0 Å². The Bertz CT molecular complexity index is 522. The summed E-state index contributed by atoms with van der Waals surface area (Å²) in [5, 5.41) is 1.03. The SMILES string of the molecule is Cc1cc(C)nc(SCc2cc(NN)ccn2)c1. The third-order valence-corrected chi connectivity index (χ3v) is 3.37. The third kappa shape index (κ3) is 3.45. The fourth-order valence-electron chi connectivity index (χ4n) is 1.67. The first-order valence-electron chi connectivity index (χ1n) is 5.67. The number of nitrogens with two attached hydrogens (primary N) is 1. The van der Waals surface area contributed by atoms with Crippen molar-refractivity contribution in [1.29, 1.82) is 0 Å². The molecule has 0 amide bonds. The molecule has 0 saturated heterocycles. The van der Waals surface area contributed by atoms with Gasteiger partial charge in [0.25, 0.3) is 0 Å². The van der Waals surface area contributed by atoms with Gasteiger partial charge in [-0.15, -0.1) is 11.8 Å². The first-order valence-corrected chi connectivity index (χ1v) is 6.65. The topological polar surface area (TPSA) is 63.8 Å². The van der Waals surface area contributed by atoms with Crippen LogP contribution < -0.4 is 11.3 Å². The number of aryl methyl sites for hydroxylation is 2. The fourth-order valence-corrected chi connectivity index (χ4v) is 2.60. The minimum Gasteiger partial charge on any atom is -0.324 e. The molecule has 2 aromatic heterocycles. The van der Waals surface area contributed by atoms with Gasteiger partial charge in [0.2, 0.25) is 0 Å². The van der Waals surface area contributed by atoms with E-state index in [2.05, 4.69) is 34.5 Å². The first-order chi connectivity index (χ1) is 8.67. The van der Waals surface area contributed by atoms with Crippen LogP contribution in [0, 0.1) is 13.8 Å². The van der Waals surface area contributed by atoms with Gasteiger partial charge in [0, 0.05) is 17.6 Å². The molecule has 0 radical (unpaired) electrons. The van der Waals surface area contributed by atoms with E-state index in [0.29, 0.717) is 0 Å². The summed E-state index contributed by atoms with van der Waals surface area (Å²) >= 11 is 1.68. The van der Waals surface area contributed by atoms with E-state index in [1.165, 1.54) is 5.56 Å². The molecule has 2 aromatic rings. The van der Waals surface area contributed by atoms with E-state index in [-0.39, 0.29) is 0 Å². The standard InChI is InChI=1S/C13H16N4S/c1-9-5-10(2)16-13(6-9)18-8-12-7-11(17-14)3-4-15-12/h3-7H,8,14H2,1-2H3,(H,15,17). The van der Waals surface area contributed by atoms with Crippen LogP contribution in [0.25, 0.3) is 0 Å². The molecule has 0 bridgehead atoms. The van der Waals surface area contributed by atoms with Gasteiger partial charge in [-0.1, -0.05) is 0 Å². The summed E-state index contributed by atoms with van der Waals surface area (Å²) in [5.41, 5.74) is 6.75. The highest BCUT2D eigenvalue weighted by Crippen LogP contribution is 2.22. The number of nitrogens with one attached hydrogen (secondary N) is 1. The highest BCUT2D eigenvalue weighted by atomic mass is 32.2. The Kier molecular flexibility index (Phi) is 4.17. The molecule has 0 aliphatic rings. The molecule has 0 atom stereocenters. The van der Waals surface area contributed by atoms with Gasteiger partial charge >= 0.3 is 0 Å². The van der Waals surface area contributed by atoms with Crippen molar-refractivity contribution in [3.05, 3.63) is 47.4 Å². The van der Waals surface area contributed by atoms with Gasteiger partial charge in [-0.3, -0.25) is 10.8 Å². The van der Waals surface area contributed by atoms with Crippen molar-refractivity contribution >= 4 is 17.4 Å². The van der Waals surface area contributed by atoms with E-state index in [1.54, 1.807) is 18.0 Å². The molecule has 5 heteroatoms. The molecule has 0 aliphatic carbocycles. The lowest BCUT2D eigenvalue weighted by Crippen LogP contribution is -2.07. The Balaban J connectivity index is 2.06. The summed E-state index contributed by atoms with van der Waals surface area (Å²) in [6.07, 6.45) is 1.75. The van der Waals surface area contributed by atoms with Gasteiger partial charge in [0.05, 0.1) is 16.4 Å². The molecule has 0 saturated carbocycles. The number of thioether (sulfide) groups is 1. The van der Waals surface area contributed by atoms with Gasteiger partial charge in [-0.2, -0.15) is 0 Å². The van der Waals surface area contributed by atoms with Crippen LogP contribution in [0.15, 0.2) is 35.5 Å². The molecule has 0 unspecified atom stereocenters. The van der Waals surface area contributed by atoms with Gasteiger partial charge in [0.1, 0.15) is 0 Å². The van der Waals surface area contributed by atoms with E-state index in [4.69, 9.17) is 5.84 Å². The molecule has 0 aromatic carbocycles. The van der Waals surface area contributed by atoms with Crippen molar-refractivity contribution in [3.8, 4) is 0 Å². The number of hydrogen-bond donors (Lipinski definition) is 2. The Morgan fingerprint density at radius 3 is 2.83 bits per heavy atom. The van der Waals surface area contributed by atoms with Crippen molar-refractivity contribution in [2.75, 3.05) is 5.43 Å². The number of nitrogen functional groups attached to an aromatic ring is 1. The Morgan fingerprint density at radius 2 is 2.11 bits per heavy atom. The fraction of sp³-hybridized carbons (Fsp3) is 0.231. The minimum absolute atomic E-state index is 0.783. The van der Waals surface area contributed by atoms with Crippen LogP contribution in [0.2, 0.25) is 0 Å². The van der Waals surface area contributed by atoms with Crippen LogP contribution >= 0.6 is 11.8 Å². The lowest BCUT2D eigenvalue weighted by molar-refractivity contribution is 1.04. The third-order valence-electron chi connectivity index (χ3n) is 2.43. The second-order valence-electron chi connectivity index (χ2n) is 4.09. The Morgan fingerprint density at radius 1 is 1.28 bits per heavy atom. The molecule has 0 aliphatic heterocycles. The number of nitrogens with zero attached hydrogens (tertiary/aromatic N) is 2. The van der Waals surface area contributed by atoms with E-state index >= 15 is 0 Å². The summed E-state index contributed by atoms with van der Waals surface area (Å²) in [6.45, 7) is 4.09. The number of hydrogen-bond acceptors (Lipinski definition) is 5. The molecule has 18 heavy (non-hydrogen) atoms. The summed E-state index contributed by atoms with van der Waals surface area (Å²) in [5.74, 6) is 6.15. The first kappa shape index (κ1) is 12.9. The lowest BCUT2D eigenvalue weighted by Gasteiger charge is -2.05. The van der Waals surface area contributed by atoms with Crippen molar-refractivity contribution in [2.24, 2.45) is 5.84 Å². The Labute approximate surface area is 111 Å². The van der Waals surface area contributed by atoms with Crippen LogP contribution in [0.1, 0.15) is 17.0 Å². The van der Waals surface area contributed by atoms with E-state index < -0.39 is 0 Å². The highest BCUT2D eigenvalue weighted by molar-refractivity contribution is 7.98. The van der Waals surface area contributed by atoms with Crippen molar-refractivity contribution in [2.45, 2.75) is 24.6 Å². The van der Waals surface area contributed by atoms with E-state index in [9.17, 15) is 0 Å². The van der Waals surface area contributed by atoms with Crippen molar-refractivity contribution in [3.63, 3.8) is 0 Å². The summed E-state index contributed by atoms with van der Waals surface area (Å²) in [6, 6.07) is 7.93. The maximum atomic E-state index is 5.37. The average Bonchev–Trinajstić information content (AvgIpc) is 2.35. The molecule has 0 fully saturated rings. The quantitative estimate of drug-likeness (QED) is 0.502. The predicted molar refractivity (Wildman–Crippen MR) is 75.3 cm³/mol. The van der Waals surface area contributed by atoms with Crippen molar-refractivity contribution in [1.82, 2.24) is 9.97 Å². The van der Waals surface area contributed by atoms with Crippen LogP contribution in [-0.4, -0.2) is 9.97 Å². The lowest BCUT2D eigenvalue weighted by atomic mass is 10.3. The molecule has 94 valence electrons.